The van der Waals surface area contributed by atoms with Gasteiger partial charge in [-0.15, -0.1) is 0 Å². The third kappa shape index (κ3) is 1.68. The Morgan fingerprint density at radius 3 is 2.67 bits per heavy atom. The maximum atomic E-state index is 12.4. The summed E-state index contributed by atoms with van der Waals surface area (Å²) in [4.78, 5) is 25.5. The zero-order valence-electron chi connectivity index (χ0n) is 10.7. The van der Waals surface area contributed by atoms with Crippen LogP contribution >= 0.6 is 11.3 Å². The van der Waals surface area contributed by atoms with Crippen molar-refractivity contribution in [3.05, 3.63) is 17.0 Å². The normalized spacial score (nSPS) is 23.7. The molecule has 0 saturated heterocycles. The lowest BCUT2D eigenvalue weighted by molar-refractivity contribution is 0.0656. The fourth-order valence-electron chi connectivity index (χ4n) is 2.40. The van der Waals surface area contributed by atoms with E-state index in [2.05, 4.69) is 0 Å². The molecule has 0 radical (unpaired) electrons. The maximum Gasteiger partial charge on any atom is 0.433 e. The lowest BCUT2D eigenvalue weighted by Gasteiger charge is -2.38. The molecule has 0 bridgehead atoms. The van der Waals surface area contributed by atoms with Crippen molar-refractivity contribution in [2.24, 2.45) is 5.92 Å². The van der Waals surface area contributed by atoms with E-state index >= 15 is 0 Å². The molecule has 0 aliphatic carbocycles. The van der Waals surface area contributed by atoms with Crippen molar-refractivity contribution < 1.29 is 14.7 Å². The van der Waals surface area contributed by atoms with Gasteiger partial charge in [-0.1, -0.05) is 25.2 Å². The molecule has 98 valence electrons. The number of urea groups is 1. The molecule has 0 aromatic carbocycles. The number of aliphatic hydroxyl groups is 1. The second kappa shape index (κ2) is 4.46. The van der Waals surface area contributed by atoms with E-state index in [9.17, 15) is 14.7 Å². The third-order valence-corrected chi connectivity index (χ3v) is 4.20. The first-order valence-corrected chi connectivity index (χ1v) is 6.70. The molecular weight excluding hydrogens is 252 g/mol. The van der Waals surface area contributed by atoms with Gasteiger partial charge in [-0.05, 0) is 11.4 Å². The predicted molar refractivity (Wildman–Crippen MR) is 70.4 cm³/mol. The zero-order chi connectivity index (χ0) is 13.5. The monoisotopic (exact) mass is 269 g/mol. The summed E-state index contributed by atoms with van der Waals surface area (Å²) in [6, 6.07) is 1.36. The van der Waals surface area contributed by atoms with E-state index in [-0.39, 0.29) is 29.1 Å². The molecule has 0 fully saturated rings. The average Bonchev–Trinajstić information content (AvgIpc) is 2.81. The fourth-order valence-corrected chi connectivity index (χ4v) is 3.43. The molecule has 5 nitrogen and oxygen atoms in total. The van der Waals surface area contributed by atoms with E-state index in [0.717, 1.165) is 4.90 Å². The highest BCUT2D eigenvalue weighted by molar-refractivity contribution is 7.14. The van der Waals surface area contributed by atoms with Gasteiger partial charge in [-0.2, -0.15) is 4.48 Å². The van der Waals surface area contributed by atoms with Crippen molar-refractivity contribution in [3.63, 3.8) is 0 Å². The molecule has 1 aromatic rings. The van der Waals surface area contributed by atoms with E-state index in [1.54, 1.807) is 11.4 Å². The molecule has 2 heterocycles. The number of carbonyl (C=O) groups excluding carboxylic acids is 2. The number of hydrogen-bond acceptors (Lipinski definition) is 4. The SMILES string of the molecule is CC(C)C[N+]1(CO)C(=O)N(C)C(=O)c2ccsc21. The molecule has 2 rings (SSSR count). The minimum absolute atomic E-state index is 0.174. The molecule has 3 amide bonds. The Morgan fingerprint density at radius 2 is 2.11 bits per heavy atom. The number of imide groups is 1. The highest BCUT2D eigenvalue weighted by atomic mass is 32.1. The minimum atomic E-state index is -0.355. The number of thiophene rings is 1. The van der Waals surface area contributed by atoms with E-state index in [4.69, 9.17) is 0 Å². The molecular formula is C12H17N2O3S+. The molecule has 0 saturated carbocycles. The summed E-state index contributed by atoms with van der Waals surface area (Å²) in [6.45, 7) is 4.15. The summed E-state index contributed by atoms with van der Waals surface area (Å²) < 4.78 is -0.174. The molecule has 1 unspecified atom stereocenters. The van der Waals surface area contributed by atoms with Crippen LogP contribution in [0, 0.1) is 5.92 Å². The van der Waals surface area contributed by atoms with Crippen LogP contribution in [0.25, 0.3) is 0 Å². The van der Waals surface area contributed by atoms with Crippen LogP contribution in [0.4, 0.5) is 9.80 Å². The van der Waals surface area contributed by atoms with E-state index in [0.29, 0.717) is 17.1 Å². The Labute approximate surface area is 110 Å². The first-order chi connectivity index (χ1) is 8.44. The molecule has 6 heteroatoms. The summed E-state index contributed by atoms with van der Waals surface area (Å²) in [6.07, 6.45) is 0. The Morgan fingerprint density at radius 1 is 1.44 bits per heavy atom. The van der Waals surface area contributed by atoms with Gasteiger partial charge in [0.05, 0.1) is 6.54 Å². The summed E-state index contributed by atoms with van der Waals surface area (Å²) in [7, 11) is 1.47. The lowest BCUT2D eigenvalue weighted by atomic mass is 10.1. The number of nitrogens with zero attached hydrogens (tertiary/aromatic N) is 2. The number of hydrogen-bond donors (Lipinski definition) is 1. The molecule has 1 aliphatic heterocycles. The first kappa shape index (κ1) is 13.2. The molecule has 1 aliphatic rings. The highest BCUT2D eigenvalue weighted by Crippen LogP contribution is 2.39. The number of rotatable bonds is 3. The third-order valence-electron chi connectivity index (χ3n) is 3.14. The van der Waals surface area contributed by atoms with Crippen LogP contribution in [-0.2, 0) is 0 Å². The fraction of sp³-hybridized carbons (Fsp3) is 0.500. The van der Waals surface area contributed by atoms with Gasteiger partial charge in [-0.3, -0.25) is 4.79 Å². The average molecular weight is 269 g/mol. The van der Waals surface area contributed by atoms with Crippen LogP contribution < -0.4 is 4.48 Å². The topological polar surface area (TPSA) is 57.6 Å². The van der Waals surface area contributed by atoms with Gasteiger partial charge in [0.2, 0.25) is 5.00 Å². The van der Waals surface area contributed by atoms with Crippen molar-refractivity contribution in [1.29, 1.82) is 0 Å². The number of aliphatic hydroxyl groups excluding tert-OH is 1. The van der Waals surface area contributed by atoms with Crippen LogP contribution in [0.5, 0.6) is 0 Å². The molecule has 1 atom stereocenters. The van der Waals surface area contributed by atoms with Gasteiger partial charge in [-0.25, -0.2) is 9.69 Å². The zero-order valence-corrected chi connectivity index (χ0v) is 11.5. The van der Waals surface area contributed by atoms with Gasteiger partial charge < -0.3 is 5.11 Å². The lowest BCUT2D eigenvalue weighted by Crippen LogP contribution is -2.64. The van der Waals surface area contributed by atoms with Crippen LogP contribution in [-0.4, -0.2) is 42.3 Å². The standard InChI is InChI=1S/C12H17N2O3S/c1-8(2)6-14(7-15)11-9(4-5-18-11)10(16)13(3)12(14)17/h4-5,8,15H,6-7H2,1-3H3/q+1. The van der Waals surface area contributed by atoms with Gasteiger partial charge in [0, 0.05) is 13.0 Å². The second-order valence-electron chi connectivity index (χ2n) is 4.97. The summed E-state index contributed by atoms with van der Waals surface area (Å²) in [5, 5.41) is 12.2. The van der Waals surface area contributed by atoms with E-state index in [1.807, 2.05) is 13.8 Å². The van der Waals surface area contributed by atoms with Crippen molar-refractivity contribution in [2.75, 3.05) is 20.3 Å². The number of fused-ring (bicyclic) bond motifs is 1. The van der Waals surface area contributed by atoms with Crippen molar-refractivity contribution in [2.45, 2.75) is 13.8 Å². The molecule has 1 aromatic heterocycles. The van der Waals surface area contributed by atoms with Crippen LogP contribution in [0.3, 0.4) is 0 Å². The van der Waals surface area contributed by atoms with Gasteiger partial charge in [0.25, 0.3) is 5.91 Å². The largest absolute Gasteiger partial charge is 0.433 e. The molecule has 0 spiro atoms. The Hall–Kier alpha value is -1.24. The Kier molecular flexibility index (Phi) is 3.27. The van der Waals surface area contributed by atoms with Crippen LogP contribution in [0.1, 0.15) is 24.2 Å². The maximum absolute atomic E-state index is 12.4. The highest BCUT2D eigenvalue weighted by Gasteiger charge is 2.51. The summed E-state index contributed by atoms with van der Waals surface area (Å²) in [5.41, 5.74) is 0.525. The second-order valence-corrected chi connectivity index (χ2v) is 5.87. The quantitative estimate of drug-likeness (QED) is 0.852. The predicted octanol–water partition coefficient (Wildman–Crippen LogP) is 1.87. The van der Waals surface area contributed by atoms with Crippen molar-refractivity contribution >= 4 is 28.3 Å². The van der Waals surface area contributed by atoms with Gasteiger partial charge in [0.15, 0.2) is 6.73 Å². The van der Waals surface area contributed by atoms with E-state index < -0.39 is 0 Å². The van der Waals surface area contributed by atoms with Gasteiger partial charge in [0.1, 0.15) is 5.56 Å². The van der Waals surface area contributed by atoms with E-state index in [1.165, 1.54) is 18.4 Å². The number of carbonyl (C=O) groups is 2. The Bertz CT molecular complexity index is 497. The molecule has 1 N–H and O–H groups in total. The van der Waals surface area contributed by atoms with Crippen molar-refractivity contribution in [1.82, 2.24) is 9.38 Å². The van der Waals surface area contributed by atoms with Gasteiger partial charge >= 0.3 is 6.03 Å². The smallest absolute Gasteiger partial charge is 0.346 e. The molecule has 18 heavy (non-hydrogen) atoms. The first-order valence-electron chi connectivity index (χ1n) is 5.82. The summed E-state index contributed by atoms with van der Waals surface area (Å²) >= 11 is 1.35. The Balaban J connectivity index is 2.61. The van der Waals surface area contributed by atoms with Crippen molar-refractivity contribution in [3.8, 4) is 0 Å². The van der Waals surface area contributed by atoms with Crippen LogP contribution in [0.2, 0.25) is 0 Å². The summed E-state index contributed by atoms with van der Waals surface area (Å²) in [5.74, 6) is -0.0557. The minimum Gasteiger partial charge on any atom is -0.346 e. The number of quaternary nitrogens is 1. The number of amides is 3. The van der Waals surface area contributed by atoms with Crippen LogP contribution in [0.15, 0.2) is 11.4 Å².